The smallest absolute Gasteiger partial charge is 0.338 e. The van der Waals surface area contributed by atoms with Crippen molar-refractivity contribution in [2.75, 3.05) is 7.11 Å². The Kier molecular flexibility index (Phi) is 3.04. The number of esters is 1. The largest absolute Gasteiger partial charge is 0.465 e. The zero-order chi connectivity index (χ0) is 11.6. The van der Waals surface area contributed by atoms with Crippen LogP contribution in [0.1, 0.15) is 21.5 Å². The van der Waals surface area contributed by atoms with Gasteiger partial charge in [-0.05, 0) is 19.4 Å². The lowest BCUT2D eigenvalue weighted by Gasteiger charge is -2.10. The van der Waals surface area contributed by atoms with Gasteiger partial charge in [0.05, 0.1) is 19.0 Å². The molecule has 0 radical (unpaired) electrons. The molecule has 0 spiro atoms. The molecule has 2 N–H and O–H groups in total. The number of carbonyl (C=O) groups is 1. The summed E-state index contributed by atoms with van der Waals surface area (Å²) in [5, 5.41) is 14.8. The molecule has 0 amide bonds. The lowest BCUT2D eigenvalue weighted by atomic mass is 10.1. The number of aromatic nitrogens is 1. The third-order valence-electron chi connectivity index (χ3n) is 2.24. The molecule has 5 nitrogen and oxygen atoms in total. The van der Waals surface area contributed by atoms with Crippen LogP contribution in [0, 0.1) is 24.7 Å². The van der Waals surface area contributed by atoms with Gasteiger partial charge in [0, 0.05) is 11.8 Å². The van der Waals surface area contributed by atoms with Crippen LogP contribution in [0.2, 0.25) is 0 Å². The number of hydrogen-bond donors (Lipinski definition) is 2. The van der Waals surface area contributed by atoms with E-state index in [-0.39, 0.29) is 5.49 Å². The predicted molar refractivity (Wildman–Crippen MR) is 55.3 cm³/mol. The van der Waals surface area contributed by atoms with Gasteiger partial charge in [0.25, 0.3) is 0 Å². The van der Waals surface area contributed by atoms with Gasteiger partial charge in [-0.15, -0.1) is 0 Å². The molecule has 0 aliphatic carbocycles. The van der Waals surface area contributed by atoms with Crippen LogP contribution in [0.5, 0.6) is 0 Å². The Morgan fingerprint density at radius 1 is 1.53 bits per heavy atom. The Morgan fingerprint density at radius 2 is 2.13 bits per heavy atom. The fourth-order valence-corrected chi connectivity index (χ4v) is 1.46. The number of carbonyl (C=O) groups excluding carboxylic acids is 1. The van der Waals surface area contributed by atoms with E-state index in [0.29, 0.717) is 16.7 Å². The average Bonchev–Trinajstić information content (AvgIpc) is 2.23. The normalized spacial score (nSPS) is 9.80. The first-order valence-corrected chi connectivity index (χ1v) is 4.38. The minimum absolute atomic E-state index is 0.121. The average molecular weight is 207 g/mol. The maximum absolute atomic E-state index is 11.4. The van der Waals surface area contributed by atoms with Crippen molar-refractivity contribution in [3.63, 3.8) is 0 Å². The Hall–Kier alpha value is -1.91. The zero-order valence-electron chi connectivity index (χ0n) is 8.92. The minimum Gasteiger partial charge on any atom is -0.465 e. The lowest BCUT2D eigenvalue weighted by Crippen LogP contribution is -2.26. The SMILES string of the molecule is COC(=O)c1c(C)cn(C=N)c(=N)c1C. The van der Waals surface area contributed by atoms with Crippen molar-refractivity contribution in [1.29, 1.82) is 10.8 Å². The van der Waals surface area contributed by atoms with E-state index in [1.807, 2.05) is 0 Å². The lowest BCUT2D eigenvalue weighted by molar-refractivity contribution is 0.0598. The van der Waals surface area contributed by atoms with Crippen molar-refractivity contribution in [2.24, 2.45) is 0 Å². The van der Waals surface area contributed by atoms with Gasteiger partial charge in [0.1, 0.15) is 5.49 Å². The van der Waals surface area contributed by atoms with E-state index < -0.39 is 5.97 Å². The highest BCUT2D eigenvalue weighted by molar-refractivity contribution is 5.92. The van der Waals surface area contributed by atoms with Crippen molar-refractivity contribution in [1.82, 2.24) is 4.57 Å². The number of hydrogen-bond acceptors (Lipinski definition) is 4. The summed E-state index contributed by atoms with van der Waals surface area (Å²) >= 11 is 0. The molecule has 5 heteroatoms. The highest BCUT2D eigenvalue weighted by Gasteiger charge is 2.14. The summed E-state index contributed by atoms with van der Waals surface area (Å²) in [6, 6.07) is 0. The molecule has 15 heavy (non-hydrogen) atoms. The second-order valence-electron chi connectivity index (χ2n) is 3.19. The van der Waals surface area contributed by atoms with Crippen LogP contribution in [-0.4, -0.2) is 24.0 Å². The first-order valence-electron chi connectivity index (χ1n) is 4.38. The standard InChI is InChI=1S/C10H13N3O2/c1-6-4-13(5-11)9(12)7(2)8(6)10(14)15-3/h4-5,11-12H,1-3H3. The topological polar surface area (TPSA) is 78.9 Å². The molecule has 1 aromatic heterocycles. The number of nitrogens with zero attached hydrogens (tertiary/aromatic N) is 1. The molecular formula is C10H13N3O2. The molecule has 0 aliphatic heterocycles. The van der Waals surface area contributed by atoms with E-state index in [9.17, 15) is 4.79 Å². The zero-order valence-corrected chi connectivity index (χ0v) is 8.92. The molecule has 0 aromatic carbocycles. The summed E-state index contributed by atoms with van der Waals surface area (Å²) in [5.41, 5.74) is 1.74. The van der Waals surface area contributed by atoms with Crippen LogP contribution >= 0.6 is 0 Å². The van der Waals surface area contributed by atoms with Gasteiger partial charge in [-0.2, -0.15) is 0 Å². The van der Waals surface area contributed by atoms with Gasteiger partial charge in [-0.1, -0.05) is 0 Å². The molecule has 1 rings (SSSR count). The van der Waals surface area contributed by atoms with Crippen LogP contribution in [0.3, 0.4) is 0 Å². The fraction of sp³-hybridized carbons (Fsp3) is 0.300. The monoisotopic (exact) mass is 207 g/mol. The van der Waals surface area contributed by atoms with E-state index >= 15 is 0 Å². The van der Waals surface area contributed by atoms with Crippen molar-refractivity contribution < 1.29 is 9.53 Å². The first-order chi connectivity index (χ1) is 7.02. The van der Waals surface area contributed by atoms with E-state index in [0.717, 1.165) is 6.34 Å². The Labute approximate surface area is 87.3 Å². The number of aryl methyl sites for hydroxylation is 1. The van der Waals surface area contributed by atoms with Gasteiger partial charge in [-0.25, -0.2) is 4.79 Å². The van der Waals surface area contributed by atoms with Crippen molar-refractivity contribution in [3.8, 4) is 0 Å². The van der Waals surface area contributed by atoms with Crippen LogP contribution < -0.4 is 5.49 Å². The second-order valence-corrected chi connectivity index (χ2v) is 3.19. The number of pyridine rings is 1. The maximum Gasteiger partial charge on any atom is 0.338 e. The first kappa shape index (κ1) is 11.2. The molecule has 0 unspecified atom stereocenters. The van der Waals surface area contributed by atoms with Crippen LogP contribution in [0.4, 0.5) is 0 Å². The van der Waals surface area contributed by atoms with Crippen LogP contribution in [0.15, 0.2) is 6.20 Å². The molecular weight excluding hydrogens is 194 g/mol. The summed E-state index contributed by atoms with van der Waals surface area (Å²) in [5.74, 6) is -0.448. The van der Waals surface area contributed by atoms with Gasteiger partial charge in [0.15, 0.2) is 0 Å². The number of ether oxygens (including phenoxy) is 1. The maximum atomic E-state index is 11.4. The van der Waals surface area contributed by atoms with Crippen LogP contribution in [-0.2, 0) is 4.74 Å². The molecule has 80 valence electrons. The van der Waals surface area contributed by atoms with Crippen molar-refractivity contribution in [3.05, 3.63) is 28.4 Å². The number of methoxy groups -OCH3 is 1. The Balaban J connectivity index is 3.56. The fourth-order valence-electron chi connectivity index (χ4n) is 1.46. The third-order valence-corrected chi connectivity index (χ3v) is 2.24. The molecule has 0 atom stereocenters. The molecule has 0 bridgehead atoms. The van der Waals surface area contributed by atoms with Gasteiger partial charge in [-0.3, -0.25) is 15.4 Å². The number of rotatable bonds is 2. The van der Waals surface area contributed by atoms with Crippen molar-refractivity contribution in [2.45, 2.75) is 13.8 Å². The van der Waals surface area contributed by atoms with Crippen LogP contribution in [0.25, 0.3) is 0 Å². The Bertz CT molecular complexity index is 474. The quantitative estimate of drug-likeness (QED) is 0.428. The summed E-state index contributed by atoms with van der Waals surface area (Å²) in [7, 11) is 1.31. The third kappa shape index (κ3) is 1.81. The Morgan fingerprint density at radius 3 is 2.60 bits per heavy atom. The summed E-state index contributed by atoms with van der Waals surface area (Å²) < 4.78 is 5.98. The highest BCUT2D eigenvalue weighted by atomic mass is 16.5. The summed E-state index contributed by atoms with van der Waals surface area (Å²) in [6.07, 6.45) is 2.60. The molecule has 1 aromatic rings. The van der Waals surface area contributed by atoms with E-state index in [1.165, 1.54) is 11.7 Å². The van der Waals surface area contributed by atoms with Crippen molar-refractivity contribution >= 4 is 12.3 Å². The van der Waals surface area contributed by atoms with E-state index in [1.54, 1.807) is 20.0 Å². The molecule has 0 saturated heterocycles. The molecule has 0 fully saturated rings. The van der Waals surface area contributed by atoms with Gasteiger partial charge in [0.2, 0.25) is 0 Å². The molecule has 1 heterocycles. The second kappa shape index (κ2) is 4.08. The summed E-state index contributed by atoms with van der Waals surface area (Å²) in [4.78, 5) is 11.4. The minimum atomic E-state index is -0.448. The predicted octanol–water partition coefficient (Wildman–Crippen LogP) is 0.826. The molecule has 0 saturated carbocycles. The highest BCUT2D eigenvalue weighted by Crippen LogP contribution is 2.10. The van der Waals surface area contributed by atoms with Gasteiger partial charge >= 0.3 is 5.97 Å². The van der Waals surface area contributed by atoms with E-state index in [4.69, 9.17) is 10.8 Å². The summed E-state index contributed by atoms with van der Waals surface area (Å²) in [6.45, 7) is 3.42. The van der Waals surface area contributed by atoms with Gasteiger partial charge < -0.3 is 4.74 Å². The van der Waals surface area contributed by atoms with E-state index in [2.05, 4.69) is 4.74 Å². The molecule has 0 aliphatic rings. The number of nitrogens with one attached hydrogen (secondary N) is 2.